The van der Waals surface area contributed by atoms with Crippen molar-refractivity contribution in [1.82, 2.24) is 5.32 Å². The lowest BCUT2D eigenvalue weighted by Gasteiger charge is -2.19. The van der Waals surface area contributed by atoms with Gasteiger partial charge in [-0.15, -0.1) is 0 Å². The molecular formula is C15H21NO3. The zero-order chi connectivity index (χ0) is 14.5. The van der Waals surface area contributed by atoms with Gasteiger partial charge in [0.15, 0.2) is 0 Å². The summed E-state index contributed by atoms with van der Waals surface area (Å²) in [7, 11) is 0. The number of rotatable bonds is 3. The molecule has 0 aliphatic carbocycles. The first-order chi connectivity index (χ1) is 8.78. The van der Waals surface area contributed by atoms with Crippen molar-refractivity contribution in [3.05, 3.63) is 35.4 Å². The zero-order valence-corrected chi connectivity index (χ0v) is 11.9. The molecule has 0 spiro atoms. The van der Waals surface area contributed by atoms with Crippen LogP contribution < -0.4 is 5.32 Å². The van der Waals surface area contributed by atoms with E-state index in [0.717, 1.165) is 11.1 Å². The lowest BCUT2D eigenvalue weighted by Crippen LogP contribution is -2.32. The Morgan fingerprint density at radius 3 is 2.74 bits per heavy atom. The molecule has 1 amide bonds. The van der Waals surface area contributed by atoms with E-state index in [-0.39, 0.29) is 5.75 Å². The highest BCUT2D eigenvalue weighted by Gasteiger charge is 2.14. The number of phenolic OH excluding ortho intramolecular Hbond substituents is 1. The number of ether oxygens (including phenoxy) is 1. The lowest BCUT2D eigenvalue weighted by atomic mass is 10.1. The predicted octanol–water partition coefficient (Wildman–Crippen LogP) is 3.24. The van der Waals surface area contributed by atoms with E-state index in [1.54, 1.807) is 18.2 Å². The summed E-state index contributed by atoms with van der Waals surface area (Å²) in [5.74, 6) is 0.221. The number of hydrogen-bond acceptors (Lipinski definition) is 3. The van der Waals surface area contributed by atoms with Gasteiger partial charge in [0, 0.05) is 12.1 Å². The molecule has 104 valence electrons. The maximum Gasteiger partial charge on any atom is 0.407 e. The molecule has 19 heavy (non-hydrogen) atoms. The number of benzene rings is 1. The topological polar surface area (TPSA) is 58.6 Å². The molecule has 4 nitrogen and oxygen atoms in total. The van der Waals surface area contributed by atoms with Crippen LogP contribution in [0.1, 0.15) is 31.9 Å². The smallest absolute Gasteiger partial charge is 0.407 e. The molecule has 0 saturated carbocycles. The minimum Gasteiger partial charge on any atom is -0.507 e. The monoisotopic (exact) mass is 263 g/mol. The van der Waals surface area contributed by atoms with Crippen molar-refractivity contribution >= 4 is 12.2 Å². The molecule has 0 aliphatic heterocycles. The highest BCUT2D eigenvalue weighted by Crippen LogP contribution is 2.19. The van der Waals surface area contributed by atoms with E-state index in [4.69, 9.17) is 4.74 Å². The molecular weight excluding hydrogens is 242 g/mol. The quantitative estimate of drug-likeness (QED) is 0.880. The minimum atomic E-state index is -0.497. The van der Waals surface area contributed by atoms with Crippen LogP contribution in [0.2, 0.25) is 0 Å². The number of nitrogens with one attached hydrogen (secondary N) is 1. The summed E-state index contributed by atoms with van der Waals surface area (Å²) in [4.78, 5) is 11.4. The van der Waals surface area contributed by atoms with Gasteiger partial charge in [0.1, 0.15) is 11.4 Å². The highest BCUT2D eigenvalue weighted by atomic mass is 16.6. The van der Waals surface area contributed by atoms with Crippen molar-refractivity contribution in [3.8, 4) is 5.75 Å². The maximum atomic E-state index is 11.4. The molecule has 0 aliphatic rings. The van der Waals surface area contributed by atoms with E-state index >= 15 is 0 Å². The van der Waals surface area contributed by atoms with Crippen molar-refractivity contribution in [3.63, 3.8) is 0 Å². The molecule has 2 N–H and O–H groups in total. The summed E-state index contributed by atoms with van der Waals surface area (Å²) >= 11 is 0. The fourth-order valence-corrected chi connectivity index (χ4v) is 1.45. The Balaban J connectivity index is 2.47. The van der Waals surface area contributed by atoms with E-state index in [9.17, 15) is 9.90 Å². The molecule has 0 unspecified atom stereocenters. The molecule has 0 atom stereocenters. The molecule has 0 bridgehead atoms. The molecule has 0 fully saturated rings. The fourth-order valence-electron chi connectivity index (χ4n) is 1.45. The normalized spacial score (nSPS) is 11.6. The van der Waals surface area contributed by atoms with Crippen LogP contribution in [0, 0.1) is 6.92 Å². The number of hydrogen-bond donors (Lipinski definition) is 2. The van der Waals surface area contributed by atoms with Gasteiger partial charge < -0.3 is 15.2 Å². The van der Waals surface area contributed by atoms with E-state index < -0.39 is 11.7 Å². The van der Waals surface area contributed by atoms with Gasteiger partial charge in [-0.3, -0.25) is 0 Å². The number of alkyl carbamates (subject to hydrolysis) is 1. The van der Waals surface area contributed by atoms with Gasteiger partial charge in [0.25, 0.3) is 0 Å². The average Bonchev–Trinajstić information content (AvgIpc) is 2.26. The van der Waals surface area contributed by atoms with E-state index in [0.29, 0.717) is 6.54 Å². The molecule has 0 aromatic heterocycles. The highest BCUT2D eigenvalue weighted by molar-refractivity contribution is 5.68. The largest absolute Gasteiger partial charge is 0.507 e. The van der Waals surface area contributed by atoms with E-state index in [1.165, 1.54) is 0 Å². The summed E-state index contributed by atoms with van der Waals surface area (Å²) in [5, 5.41) is 12.2. The van der Waals surface area contributed by atoms with Crippen molar-refractivity contribution < 1.29 is 14.6 Å². The third kappa shape index (κ3) is 5.95. The Morgan fingerprint density at radius 1 is 1.42 bits per heavy atom. The first-order valence-corrected chi connectivity index (χ1v) is 6.21. The van der Waals surface area contributed by atoms with Gasteiger partial charge in [-0.05, 0) is 39.8 Å². The van der Waals surface area contributed by atoms with Crippen LogP contribution in [0.25, 0.3) is 6.08 Å². The second-order valence-electron chi connectivity index (χ2n) is 5.35. The van der Waals surface area contributed by atoms with E-state index in [1.807, 2.05) is 39.8 Å². The molecule has 4 heteroatoms. The first kappa shape index (κ1) is 15.1. The summed E-state index contributed by atoms with van der Waals surface area (Å²) in [6.45, 7) is 7.74. The Kier molecular flexibility index (Phi) is 4.98. The number of aryl methyl sites for hydroxylation is 1. The van der Waals surface area contributed by atoms with Crippen molar-refractivity contribution in [2.45, 2.75) is 33.3 Å². The minimum absolute atomic E-state index is 0.221. The summed E-state index contributed by atoms with van der Waals surface area (Å²) in [6.07, 6.45) is 3.07. The lowest BCUT2D eigenvalue weighted by molar-refractivity contribution is 0.0534. The Morgan fingerprint density at radius 2 is 2.11 bits per heavy atom. The fraction of sp³-hybridized carbons (Fsp3) is 0.400. The average molecular weight is 263 g/mol. The summed E-state index contributed by atoms with van der Waals surface area (Å²) < 4.78 is 5.10. The third-order valence-electron chi connectivity index (χ3n) is 2.24. The summed E-state index contributed by atoms with van der Waals surface area (Å²) in [5.41, 5.74) is 1.30. The van der Waals surface area contributed by atoms with Gasteiger partial charge >= 0.3 is 6.09 Å². The number of phenols is 1. The second-order valence-corrected chi connectivity index (χ2v) is 5.35. The molecule has 1 rings (SSSR count). The van der Waals surface area contributed by atoms with Crippen LogP contribution in [-0.4, -0.2) is 23.3 Å². The van der Waals surface area contributed by atoms with Crippen LogP contribution in [0.5, 0.6) is 5.75 Å². The predicted molar refractivity (Wildman–Crippen MR) is 76.1 cm³/mol. The number of carbonyl (C=O) groups is 1. The SMILES string of the molecule is Cc1ccc(O)c(C=CCNC(=O)OC(C)(C)C)c1. The van der Waals surface area contributed by atoms with E-state index in [2.05, 4.69) is 5.32 Å². The standard InChI is InChI=1S/C15H21NO3/c1-11-7-8-13(17)12(10-11)6-5-9-16-14(18)19-15(2,3)4/h5-8,10,17H,9H2,1-4H3,(H,16,18). The van der Waals surface area contributed by atoms with Crippen LogP contribution >= 0.6 is 0 Å². The molecule has 0 saturated heterocycles. The van der Waals surface area contributed by atoms with Crippen LogP contribution in [-0.2, 0) is 4.74 Å². The van der Waals surface area contributed by atoms with Crippen LogP contribution in [0.15, 0.2) is 24.3 Å². The number of carbonyl (C=O) groups excluding carboxylic acids is 1. The van der Waals surface area contributed by atoms with Crippen LogP contribution in [0.4, 0.5) is 4.79 Å². The van der Waals surface area contributed by atoms with Crippen LogP contribution in [0.3, 0.4) is 0 Å². The molecule has 0 heterocycles. The summed E-state index contributed by atoms with van der Waals surface area (Å²) in [6, 6.07) is 5.36. The van der Waals surface area contributed by atoms with Gasteiger partial charge in [-0.1, -0.05) is 23.8 Å². The maximum absolute atomic E-state index is 11.4. The molecule has 0 radical (unpaired) electrons. The number of aromatic hydroxyl groups is 1. The molecule has 1 aromatic carbocycles. The molecule has 1 aromatic rings. The number of amides is 1. The van der Waals surface area contributed by atoms with Crippen molar-refractivity contribution in [1.29, 1.82) is 0 Å². The zero-order valence-electron chi connectivity index (χ0n) is 11.9. The van der Waals surface area contributed by atoms with Crippen molar-refractivity contribution in [2.75, 3.05) is 6.54 Å². The Hall–Kier alpha value is -1.97. The van der Waals surface area contributed by atoms with Gasteiger partial charge in [0.05, 0.1) is 0 Å². The second kappa shape index (κ2) is 6.27. The first-order valence-electron chi connectivity index (χ1n) is 6.21. The van der Waals surface area contributed by atoms with Gasteiger partial charge in [-0.25, -0.2) is 4.79 Å². The van der Waals surface area contributed by atoms with Crippen molar-refractivity contribution in [2.24, 2.45) is 0 Å². The Bertz CT molecular complexity index is 473. The van der Waals surface area contributed by atoms with Gasteiger partial charge in [-0.2, -0.15) is 0 Å². The Labute approximate surface area is 114 Å². The van der Waals surface area contributed by atoms with Gasteiger partial charge in [0.2, 0.25) is 0 Å². The third-order valence-corrected chi connectivity index (χ3v) is 2.24.